The molecular formula is C25H32F3N5O4. The smallest absolute Gasteiger partial charge is 0.407 e. The second-order valence-corrected chi connectivity index (χ2v) is 9.71. The number of rotatable bonds is 9. The van der Waals surface area contributed by atoms with E-state index in [0.29, 0.717) is 13.0 Å². The largest absolute Gasteiger partial charge is 0.481 e. The van der Waals surface area contributed by atoms with E-state index in [1.54, 1.807) is 20.8 Å². The Hall–Kier alpha value is -3.57. The highest BCUT2D eigenvalue weighted by molar-refractivity contribution is 5.78. The quantitative estimate of drug-likeness (QED) is 0.509. The van der Waals surface area contributed by atoms with Crippen LogP contribution in [-0.2, 0) is 21.9 Å². The van der Waals surface area contributed by atoms with Gasteiger partial charge >= 0.3 is 6.09 Å². The summed E-state index contributed by atoms with van der Waals surface area (Å²) < 4.78 is 53.7. The Morgan fingerprint density at radius 2 is 1.95 bits per heavy atom. The van der Waals surface area contributed by atoms with Crippen LogP contribution in [0.25, 0.3) is 11.3 Å². The number of carbonyl (C=O) groups is 2. The van der Waals surface area contributed by atoms with E-state index >= 15 is 0 Å². The number of amides is 2. The molecule has 0 saturated heterocycles. The van der Waals surface area contributed by atoms with E-state index in [1.165, 1.54) is 17.0 Å². The minimum absolute atomic E-state index is 0.0440. The molecule has 0 spiro atoms. The number of hydrogen-bond donors (Lipinski definition) is 2. The number of nitrogens with two attached hydrogens (primary N) is 1. The normalized spacial score (nSPS) is 14.1. The van der Waals surface area contributed by atoms with Gasteiger partial charge in [0, 0.05) is 37.2 Å². The van der Waals surface area contributed by atoms with Gasteiger partial charge in [0.1, 0.15) is 11.3 Å². The second kappa shape index (κ2) is 11.2. The standard InChI is InChI=1S/C25H32F3N5O4/c1-5-11-33(12-10-30-23(35)37-24(2,3)4)19(34)14-36-18-7-6-15(13-17(18)26)20-16-8-9-25(27,28)21(16)32-22(29)31-20/h6-7,13H,5,8-12,14H2,1-4H3,(H,30,35)(H2,29,31,32). The van der Waals surface area contributed by atoms with Crippen molar-refractivity contribution in [3.63, 3.8) is 0 Å². The molecule has 0 bridgehead atoms. The summed E-state index contributed by atoms with van der Waals surface area (Å²) in [7, 11) is 0. The van der Waals surface area contributed by atoms with Crippen molar-refractivity contribution in [2.45, 2.75) is 58.5 Å². The van der Waals surface area contributed by atoms with Gasteiger partial charge in [-0.2, -0.15) is 8.78 Å². The number of aromatic nitrogens is 2. The minimum atomic E-state index is -3.12. The predicted molar refractivity (Wildman–Crippen MR) is 131 cm³/mol. The molecule has 12 heteroatoms. The van der Waals surface area contributed by atoms with Gasteiger partial charge in [-0.25, -0.2) is 19.2 Å². The van der Waals surface area contributed by atoms with Crippen LogP contribution in [-0.4, -0.2) is 58.7 Å². The van der Waals surface area contributed by atoms with Crippen LogP contribution in [0.5, 0.6) is 5.75 Å². The van der Waals surface area contributed by atoms with Crippen molar-refractivity contribution < 1.29 is 32.2 Å². The van der Waals surface area contributed by atoms with E-state index in [0.717, 1.165) is 6.07 Å². The highest BCUT2D eigenvalue weighted by atomic mass is 19.3. The number of hydrogen-bond acceptors (Lipinski definition) is 7. The van der Waals surface area contributed by atoms with Crippen LogP contribution in [0.3, 0.4) is 0 Å². The monoisotopic (exact) mass is 523 g/mol. The number of nitrogens with one attached hydrogen (secondary N) is 1. The highest BCUT2D eigenvalue weighted by Gasteiger charge is 2.43. The van der Waals surface area contributed by atoms with Gasteiger partial charge in [-0.05, 0) is 51.8 Å². The summed E-state index contributed by atoms with van der Waals surface area (Å²) in [6, 6.07) is 3.88. The molecule has 0 saturated carbocycles. The lowest BCUT2D eigenvalue weighted by Gasteiger charge is -2.23. The van der Waals surface area contributed by atoms with Crippen LogP contribution in [0, 0.1) is 5.82 Å². The Bertz CT molecular complexity index is 1150. The number of alkyl halides is 2. The number of anilines is 1. The average molecular weight is 524 g/mol. The third kappa shape index (κ3) is 7.23. The molecule has 0 atom stereocenters. The van der Waals surface area contributed by atoms with E-state index in [-0.39, 0.29) is 53.9 Å². The first-order valence-electron chi connectivity index (χ1n) is 12.0. The Kier molecular flexibility index (Phi) is 8.49. The molecule has 3 rings (SSSR count). The van der Waals surface area contributed by atoms with Crippen molar-refractivity contribution in [3.05, 3.63) is 35.3 Å². The van der Waals surface area contributed by atoms with Crippen LogP contribution >= 0.6 is 0 Å². The third-order valence-electron chi connectivity index (χ3n) is 5.51. The molecule has 37 heavy (non-hydrogen) atoms. The summed E-state index contributed by atoms with van der Waals surface area (Å²) in [6.45, 7) is 7.53. The Morgan fingerprint density at radius 3 is 2.59 bits per heavy atom. The number of carbonyl (C=O) groups excluding carboxylic acids is 2. The molecule has 2 amide bonds. The first-order chi connectivity index (χ1) is 17.3. The maximum absolute atomic E-state index is 14.8. The van der Waals surface area contributed by atoms with Crippen molar-refractivity contribution in [3.8, 4) is 17.0 Å². The van der Waals surface area contributed by atoms with Crippen molar-refractivity contribution in [2.24, 2.45) is 0 Å². The summed E-state index contributed by atoms with van der Waals surface area (Å²) in [5.74, 6) is -4.78. The maximum Gasteiger partial charge on any atom is 0.407 e. The van der Waals surface area contributed by atoms with Crippen LogP contribution in [0.2, 0.25) is 0 Å². The lowest BCUT2D eigenvalue weighted by atomic mass is 10.0. The van der Waals surface area contributed by atoms with Gasteiger partial charge in [0.25, 0.3) is 11.8 Å². The molecular weight excluding hydrogens is 491 g/mol. The van der Waals surface area contributed by atoms with Gasteiger partial charge < -0.3 is 25.4 Å². The van der Waals surface area contributed by atoms with Crippen molar-refractivity contribution in [1.29, 1.82) is 0 Å². The Morgan fingerprint density at radius 1 is 1.22 bits per heavy atom. The van der Waals surface area contributed by atoms with E-state index in [4.69, 9.17) is 15.2 Å². The lowest BCUT2D eigenvalue weighted by Crippen LogP contribution is -2.42. The number of alkyl carbamates (subject to hydrolysis) is 1. The zero-order chi connectivity index (χ0) is 27.4. The predicted octanol–water partition coefficient (Wildman–Crippen LogP) is 4.05. The SMILES string of the molecule is CCCN(CCNC(=O)OC(C)(C)C)C(=O)COc1ccc(-c2nc(N)nc3c2CCC3(F)F)cc1F. The summed E-state index contributed by atoms with van der Waals surface area (Å²) >= 11 is 0. The zero-order valence-electron chi connectivity index (χ0n) is 21.4. The van der Waals surface area contributed by atoms with E-state index in [2.05, 4.69) is 15.3 Å². The molecule has 1 aliphatic rings. The lowest BCUT2D eigenvalue weighted by molar-refractivity contribution is -0.133. The number of nitrogens with zero attached hydrogens (tertiary/aromatic N) is 3. The fourth-order valence-corrected chi connectivity index (χ4v) is 3.91. The molecule has 1 aliphatic carbocycles. The van der Waals surface area contributed by atoms with Crippen LogP contribution in [0.15, 0.2) is 18.2 Å². The van der Waals surface area contributed by atoms with Gasteiger partial charge in [0.2, 0.25) is 5.95 Å². The Labute approximate surface area is 213 Å². The molecule has 1 heterocycles. The van der Waals surface area contributed by atoms with Gasteiger partial charge in [0.15, 0.2) is 18.2 Å². The van der Waals surface area contributed by atoms with Crippen LogP contribution in [0.1, 0.15) is 51.8 Å². The molecule has 0 fully saturated rings. The minimum Gasteiger partial charge on any atom is -0.481 e. The fraction of sp³-hybridized carbons (Fsp3) is 0.520. The maximum atomic E-state index is 14.8. The van der Waals surface area contributed by atoms with Crippen molar-refractivity contribution in [2.75, 3.05) is 32.0 Å². The second-order valence-electron chi connectivity index (χ2n) is 9.71. The topological polar surface area (TPSA) is 120 Å². The molecule has 2 aromatic rings. The fourth-order valence-electron chi connectivity index (χ4n) is 3.91. The molecule has 1 aromatic heterocycles. The molecule has 202 valence electrons. The van der Waals surface area contributed by atoms with E-state index < -0.39 is 42.2 Å². The summed E-state index contributed by atoms with van der Waals surface area (Å²) in [5, 5.41) is 2.59. The van der Waals surface area contributed by atoms with E-state index in [9.17, 15) is 22.8 Å². The number of halogens is 3. The molecule has 1 aromatic carbocycles. The van der Waals surface area contributed by atoms with E-state index in [1.807, 2.05) is 6.92 Å². The number of benzene rings is 1. The summed E-state index contributed by atoms with van der Waals surface area (Å²) in [4.78, 5) is 33.7. The summed E-state index contributed by atoms with van der Waals surface area (Å²) in [6.07, 6.45) is -0.287. The van der Waals surface area contributed by atoms with Crippen molar-refractivity contribution >= 4 is 17.9 Å². The van der Waals surface area contributed by atoms with Crippen LogP contribution in [0.4, 0.5) is 23.9 Å². The van der Waals surface area contributed by atoms with Crippen LogP contribution < -0.4 is 15.8 Å². The number of fused-ring (bicyclic) bond motifs is 1. The first kappa shape index (κ1) is 28.0. The first-order valence-corrected chi connectivity index (χ1v) is 12.0. The van der Waals surface area contributed by atoms with Crippen molar-refractivity contribution in [1.82, 2.24) is 20.2 Å². The van der Waals surface area contributed by atoms with Gasteiger partial charge in [-0.15, -0.1) is 0 Å². The summed E-state index contributed by atoms with van der Waals surface area (Å²) in [5.41, 5.74) is 5.18. The van der Waals surface area contributed by atoms with Gasteiger partial charge in [0.05, 0.1) is 5.69 Å². The molecule has 9 nitrogen and oxygen atoms in total. The number of ether oxygens (including phenoxy) is 2. The average Bonchev–Trinajstić information content (AvgIpc) is 3.10. The molecule has 0 unspecified atom stereocenters. The highest BCUT2D eigenvalue weighted by Crippen LogP contribution is 2.44. The van der Waals surface area contributed by atoms with Gasteiger partial charge in [-0.3, -0.25) is 4.79 Å². The molecule has 0 radical (unpaired) electrons. The zero-order valence-corrected chi connectivity index (χ0v) is 21.4. The van der Waals surface area contributed by atoms with Gasteiger partial charge in [-0.1, -0.05) is 6.92 Å². The molecule has 3 N–H and O–H groups in total. The Balaban J connectivity index is 1.63. The molecule has 0 aliphatic heterocycles. The number of nitrogen functional groups attached to an aromatic ring is 1. The third-order valence-corrected chi connectivity index (χ3v) is 5.51.